The number of fused-ring (bicyclic) bond motifs is 2. The highest BCUT2D eigenvalue weighted by Gasteiger charge is 2.57. The number of anilines is 2. The quantitative estimate of drug-likeness (QED) is 0.321. The van der Waals surface area contributed by atoms with E-state index >= 15 is 0 Å². The van der Waals surface area contributed by atoms with Crippen LogP contribution in [0.25, 0.3) is 22.6 Å². The standard InChI is InChI=1S/C23H24F5N11O/c1-5-21(12-9-39(10(2)3)37-36-12)14-16(29)33-18(34-17(14)35-20(21)40)15-11-8-30-38(4)19(11)32-13(31-15)6-7-22(24,25)23(26,27)28/h8-10H,5-7H2,1-4H3,(H3,29,33,34,35,40). The first-order chi connectivity index (χ1) is 18.7. The number of hydrogen-bond acceptors (Lipinski definition) is 9. The SMILES string of the molecule is CCC1(c2cn(C(C)C)nn2)C(=O)Nc2nc(-c3nc(CCC(F)(F)C(F)(F)F)nc4c3cnn4C)nc(N)c21. The van der Waals surface area contributed by atoms with Crippen molar-refractivity contribution in [2.45, 2.75) is 63.6 Å². The van der Waals surface area contributed by atoms with Gasteiger partial charge in [0.15, 0.2) is 11.5 Å². The van der Waals surface area contributed by atoms with Crippen LogP contribution in [0.1, 0.15) is 56.7 Å². The summed E-state index contributed by atoms with van der Waals surface area (Å²) in [4.78, 5) is 30.5. The van der Waals surface area contributed by atoms with Crippen molar-refractivity contribution in [1.82, 2.24) is 44.7 Å². The van der Waals surface area contributed by atoms with Crippen molar-refractivity contribution in [3.05, 3.63) is 29.5 Å². The van der Waals surface area contributed by atoms with E-state index in [1.54, 1.807) is 17.8 Å². The molecule has 0 radical (unpaired) electrons. The normalized spacial score (nSPS) is 17.6. The van der Waals surface area contributed by atoms with Crippen LogP contribution in [0.4, 0.5) is 33.6 Å². The molecule has 4 aromatic rings. The van der Waals surface area contributed by atoms with Crippen LogP contribution in [0.15, 0.2) is 12.4 Å². The van der Waals surface area contributed by atoms with Crippen molar-refractivity contribution in [3.8, 4) is 11.5 Å². The van der Waals surface area contributed by atoms with Gasteiger partial charge in [0.1, 0.15) is 34.3 Å². The third kappa shape index (κ3) is 4.10. The Hall–Kier alpha value is -4.31. The summed E-state index contributed by atoms with van der Waals surface area (Å²) in [6.45, 7) is 5.59. The summed E-state index contributed by atoms with van der Waals surface area (Å²) in [7, 11) is 1.52. The van der Waals surface area contributed by atoms with Crippen LogP contribution in [0.2, 0.25) is 0 Å². The van der Waals surface area contributed by atoms with Gasteiger partial charge in [0.2, 0.25) is 5.91 Å². The third-order valence-corrected chi connectivity index (χ3v) is 6.92. The first-order valence-electron chi connectivity index (χ1n) is 12.2. The van der Waals surface area contributed by atoms with E-state index in [0.29, 0.717) is 16.6 Å². The maximum Gasteiger partial charge on any atom is 0.453 e. The number of hydrogen-bond donors (Lipinski definition) is 2. The average molecular weight is 566 g/mol. The molecule has 1 aliphatic heterocycles. The van der Waals surface area contributed by atoms with E-state index in [0.717, 1.165) is 0 Å². The highest BCUT2D eigenvalue weighted by atomic mass is 19.4. The fourth-order valence-electron chi connectivity index (χ4n) is 4.67. The van der Waals surface area contributed by atoms with Gasteiger partial charge in [-0.05, 0) is 20.3 Å². The van der Waals surface area contributed by atoms with Crippen LogP contribution in [0, 0.1) is 0 Å². The zero-order valence-electron chi connectivity index (χ0n) is 21.8. The number of halogens is 5. The maximum atomic E-state index is 13.6. The van der Waals surface area contributed by atoms with Gasteiger partial charge >= 0.3 is 12.1 Å². The zero-order chi connectivity index (χ0) is 29.2. The van der Waals surface area contributed by atoms with E-state index in [2.05, 4.69) is 40.7 Å². The third-order valence-electron chi connectivity index (χ3n) is 6.92. The maximum absolute atomic E-state index is 13.6. The van der Waals surface area contributed by atoms with Gasteiger partial charge in [-0.25, -0.2) is 24.6 Å². The first kappa shape index (κ1) is 27.3. The number of nitrogens with two attached hydrogens (primary N) is 1. The molecule has 0 aliphatic carbocycles. The molecular formula is C23H24F5N11O. The van der Waals surface area contributed by atoms with Gasteiger partial charge in [0, 0.05) is 25.9 Å². The van der Waals surface area contributed by atoms with Crippen molar-refractivity contribution < 1.29 is 26.7 Å². The molecule has 0 fully saturated rings. The van der Waals surface area contributed by atoms with Crippen LogP contribution in [0.3, 0.4) is 0 Å². The molecule has 3 N–H and O–H groups in total. The largest absolute Gasteiger partial charge is 0.453 e. The van der Waals surface area contributed by atoms with Crippen molar-refractivity contribution in [3.63, 3.8) is 0 Å². The fourth-order valence-corrected chi connectivity index (χ4v) is 4.67. The first-order valence-corrected chi connectivity index (χ1v) is 12.2. The molecule has 0 bridgehead atoms. The molecule has 212 valence electrons. The Balaban J connectivity index is 1.62. The summed E-state index contributed by atoms with van der Waals surface area (Å²) >= 11 is 0. The van der Waals surface area contributed by atoms with Crippen molar-refractivity contribution in [2.24, 2.45) is 7.05 Å². The predicted octanol–water partition coefficient (Wildman–Crippen LogP) is 3.35. The van der Waals surface area contributed by atoms with E-state index in [1.165, 1.54) is 17.9 Å². The second-order valence-corrected chi connectivity index (χ2v) is 9.74. The summed E-state index contributed by atoms with van der Waals surface area (Å²) in [5.74, 6) is -5.75. The molecular weight excluding hydrogens is 541 g/mol. The summed E-state index contributed by atoms with van der Waals surface area (Å²) in [6.07, 6.45) is -4.77. The smallest absolute Gasteiger partial charge is 0.383 e. The van der Waals surface area contributed by atoms with E-state index in [9.17, 15) is 26.7 Å². The Morgan fingerprint density at radius 2 is 1.85 bits per heavy atom. The van der Waals surface area contributed by atoms with Gasteiger partial charge < -0.3 is 11.1 Å². The second kappa shape index (κ2) is 9.12. The predicted molar refractivity (Wildman–Crippen MR) is 131 cm³/mol. The number of nitrogen functional groups attached to an aromatic ring is 1. The molecule has 40 heavy (non-hydrogen) atoms. The number of nitrogens with zero attached hydrogens (tertiary/aromatic N) is 9. The van der Waals surface area contributed by atoms with Crippen LogP contribution in [-0.2, 0) is 23.7 Å². The zero-order valence-corrected chi connectivity index (χ0v) is 21.8. The molecule has 0 saturated heterocycles. The molecule has 1 aliphatic rings. The lowest BCUT2D eigenvalue weighted by atomic mass is 9.77. The lowest BCUT2D eigenvalue weighted by molar-refractivity contribution is -0.284. The molecule has 5 heterocycles. The molecule has 12 nitrogen and oxygen atoms in total. The summed E-state index contributed by atoms with van der Waals surface area (Å²) < 4.78 is 68.3. The van der Waals surface area contributed by atoms with Crippen molar-refractivity contribution in [1.29, 1.82) is 0 Å². The summed E-state index contributed by atoms with van der Waals surface area (Å²) in [6, 6.07) is -0.0139. The topological polar surface area (TPSA) is 155 Å². The van der Waals surface area contributed by atoms with Gasteiger partial charge in [-0.2, -0.15) is 27.1 Å². The Labute approximate surface area is 223 Å². The number of carbonyl (C=O) groups is 1. The molecule has 4 aromatic heterocycles. The van der Waals surface area contributed by atoms with Crippen molar-refractivity contribution in [2.75, 3.05) is 11.1 Å². The lowest BCUT2D eigenvalue weighted by Crippen LogP contribution is -2.36. The fraction of sp³-hybridized carbons (Fsp3) is 0.478. The Morgan fingerprint density at radius 1 is 1.12 bits per heavy atom. The van der Waals surface area contributed by atoms with Crippen LogP contribution in [0.5, 0.6) is 0 Å². The highest BCUT2D eigenvalue weighted by molar-refractivity contribution is 6.09. The number of alkyl halides is 5. The van der Waals surface area contributed by atoms with E-state index in [4.69, 9.17) is 5.73 Å². The van der Waals surface area contributed by atoms with E-state index in [1.807, 2.05) is 13.8 Å². The molecule has 17 heteroatoms. The lowest BCUT2D eigenvalue weighted by Gasteiger charge is -2.23. The Morgan fingerprint density at radius 3 is 2.48 bits per heavy atom. The average Bonchev–Trinajstić information content (AvgIpc) is 3.58. The number of rotatable bonds is 7. The summed E-state index contributed by atoms with van der Waals surface area (Å²) in [5.41, 5.74) is 5.88. The molecule has 5 rings (SSSR count). The minimum absolute atomic E-state index is 0.00641. The Kier molecular flexibility index (Phi) is 6.22. The molecule has 1 amide bonds. The minimum atomic E-state index is -5.71. The number of carbonyl (C=O) groups excluding carboxylic acids is 1. The van der Waals surface area contributed by atoms with Crippen LogP contribution in [-0.4, -0.2) is 62.7 Å². The van der Waals surface area contributed by atoms with Crippen molar-refractivity contribution >= 4 is 28.6 Å². The molecule has 0 saturated carbocycles. The van der Waals surface area contributed by atoms with Gasteiger partial charge in [0.05, 0.1) is 23.3 Å². The van der Waals surface area contributed by atoms with E-state index < -0.39 is 36.3 Å². The number of aromatic nitrogens is 9. The monoisotopic (exact) mass is 565 g/mol. The molecule has 1 atom stereocenters. The number of nitrogens with one attached hydrogen (secondary N) is 1. The minimum Gasteiger partial charge on any atom is -0.383 e. The van der Waals surface area contributed by atoms with Gasteiger partial charge in [-0.15, -0.1) is 5.10 Å². The van der Waals surface area contributed by atoms with Gasteiger partial charge in [-0.1, -0.05) is 12.1 Å². The number of aryl methyl sites for hydroxylation is 2. The van der Waals surface area contributed by atoms with Gasteiger partial charge in [-0.3, -0.25) is 9.48 Å². The number of amides is 1. The molecule has 0 spiro atoms. The van der Waals surface area contributed by atoms with Crippen LogP contribution < -0.4 is 11.1 Å². The second-order valence-electron chi connectivity index (χ2n) is 9.74. The molecule has 0 aromatic carbocycles. The van der Waals surface area contributed by atoms with E-state index in [-0.39, 0.29) is 47.1 Å². The van der Waals surface area contributed by atoms with Crippen LogP contribution >= 0.6 is 0 Å². The molecule has 1 unspecified atom stereocenters. The summed E-state index contributed by atoms with van der Waals surface area (Å²) in [5, 5.41) is 15.4. The van der Waals surface area contributed by atoms with Gasteiger partial charge in [0.25, 0.3) is 0 Å². The highest BCUT2D eigenvalue weighted by Crippen LogP contribution is 2.47. The Bertz CT molecular complexity index is 1630.